The summed E-state index contributed by atoms with van der Waals surface area (Å²) in [6.07, 6.45) is 2.27. The highest BCUT2D eigenvalue weighted by Gasteiger charge is 2.46. The number of nitrogens with zero attached hydrogens (tertiary/aromatic N) is 1. The first-order chi connectivity index (χ1) is 33.3. The summed E-state index contributed by atoms with van der Waals surface area (Å²) in [5.74, 6) is 3.49. The molecule has 0 atom stereocenters. The van der Waals surface area contributed by atoms with Crippen LogP contribution >= 0.6 is 0 Å². The standard InChI is InChI=1S/C66H62BNO2/c1-62(2,3)50-31-43(32-51-60(50)66(10,11)38-65(51,8)9)42-24-29-53-57(34-42)70-59-36-44(39-20-25-45(26-21-39)68-54-18-14-12-16-46(54)47-17-13-15-19-55(47)68)35-58-61(59)67(53)52-28-23-41(33-56(52)69-58)40-22-27-48-49(30-40)64(6,7)37-63(48,4)5/h12-36H,37-38H2,1-11H3. The predicted octanol–water partition coefficient (Wildman–Crippen LogP) is 15.7. The number of para-hydroxylation sites is 2. The van der Waals surface area contributed by atoms with E-state index in [2.05, 4.69) is 232 Å². The lowest BCUT2D eigenvalue weighted by Crippen LogP contribution is -2.57. The van der Waals surface area contributed by atoms with Crippen molar-refractivity contribution in [2.75, 3.05) is 0 Å². The number of rotatable bonds is 4. The lowest BCUT2D eigenvalue weighted by atomic mass is 9.34. The summed E-state index contributed by atoms with van der Waals surface area (Å²) >= 11 is 0. The van der Waals surface area contributed by atoms with Crippen molar-refractivity contribution in [1.82, 2.24) is 4.57 Å². The van der Waals surface area contributed by atoms with Gasteiger partial charge in [-0.25, -0.2) is 0 Å². The van der Waals surface area contributed by atoms with Crippen LogP contribution in [0.25, 0.3) is 60.9 Å². The summed E-state index contributed by atoms with van der Waals surface area (Å²) in [5, 5.41) is 2.52. The van der Waals surface area contributed by atoms with E-state index in [1.165, 1.54) is 77.3 Å². The number of aromatic nitrogens is 1. The molecule has 2 aliphatic heterocycles. The Hall–Kier alpha value is -6.78. The molecule has 0 saturated heterocycles. The Morgan fingerprint density at radius 1 is 0.429 bits per heavy atom. The van der Waals surface area contributed by atoms with Crippen LogP contribution in [0.2, 0.25) is 0 Å². The summed E-state index contributed by atoms with van der Waals surface area (Å²) in [7, 11) is 0. The van der Waals surface area contributed by atoms with Gasteiger partial charge in [-0.05, 0) is 161 Å². The highest BCUT2D eigenvalue weighted by Crippen LogP contribution is 2.54. The van der Waals surface area contributed by atoms with Crippen molar-refractivity contribution in [2.24, 2.45) is 0 Å². The van der Waals surface area contributed by atoms with E-state index >= 15 is 0 Å². The fourth-order valence-electron chi connectivity index (χ4n) is 14.1. The van der Waals surface area contributed by atoms with Crippen LogP contribution in [0, 0.1) is 0 Å². The van der Waals surface area contributed by atoms with E-state index in [1.54, 1.807) is 0 Å². The first kappa shape index (κ1) is 43.3. The molecule has 13 rings (SSSR count). The number of hydrogen-bond acceptors (Lipinski definition) is 2. The Kier molecular flexibility index (Phi) is 8.91. The van der Waals surface area contributed by atoms with Gasteiger partial charge in [0.25, 0.3) is 6.71 Å². The lowest BCUT2D eigenvalue weighted by molar-refractivity contribution is 0.399. The molecule has 0 N–H and O–H groups in total. The number of fused-ring (bicyclic) bond motifs is 9. The maximum absolute atomic E-state index is 7.19. The molecule has 0 saturated carbocycles. The van der Waals surface area contributed by atoms with Gasteiger partial charge >= 0.3 is 0 Å². The second kappa shape index (κ2) is 14.4. The van der Waals surface area contributed by atoms with Gasteiger partial charge in [-0.15, -0.1) is 0 Å². The molecular formula is C66H62BNO2. The largest absolute Gasteiger partial charge is 0.458 e. The van der Waals surface area contributed by atoms with E-state index in [0.717, 1.165) is 63.6 Å². The smallest absolute Gasteiger partial charge is 0.260 e. The number of ether oxygens (including phenoxy) is 2. The minimum Gasteiger partial charge on any atom is -0.458 e. The Morgan fingerprint density at radius 3 is 1.49 bits per heavy atom. The van der Waals surface area contributed by atoms with E-state index in [1.807, 2.05) is 0 Å². The molecule has 3 heterocycles. The Balaban J connectivity index is 0.954. The lowest BCUT2D eigenvalue weighted by Gasteiger charge is -2.34. The SMILES string of the molecule is CC(C)(C)c1cc(-c2ccc3c(c2)Oc2cc(-c4ccc(-n5c6ccccc6c6ccccc65)cc4)cc4c2B3c2ccc(-c3ccc5c(c3)C(C)(C)CC5(C)C)cc2O4)cc2c1C(C)(C)CC2(C)C. The molecule has 0 fully saturated rings. The summed E-state index contributed by atoms with van der Waals surface area (Å²) in [6, 6.07) is 56.8. The van der Waals surface area contributed by atoms with E-state index < -0.39 is 0 Å². The van der Waals surface area contributed by atoms with Crippen LogP contribution in [0.15, 0.2) is 152 Å². The fraction of sp³-hybridized carbons (Fsp3) is 0.273. The Morgan fingerprint density at radius 2 is 0.886 bits per heavy atom. The number of benzene rings is 8. The average Bonchev–Trinajstić information content (AvgIpc) is 3.83. The molecule has 2 aliphatic carbocycles. The maximum atomic E-state index is 7.19. The molecular weight excluding hydrogens is 850 g/mol. The molecule has 3 nitrogen and oxygen atoms in total. The molecule has 0 bridgehead atoms. The molecule has 346 valence electrons. The van der Waals surface area contributed by atoms with Gasteiger partial charge in [0.1, 0.15) is 23.0 Å². The van der Waals surface area contributed by atoms with Crippen LogP contribution in [0.5, 0.6) is 23.0 Å². The molecule has 0 spiro atoms. The second-order valence-corrected chi connectivity index (χ2v) is 24.8. The van der Waals surface area contributed by atoms with Gasteiger partial charge in [0.05, 0.1) is 11.0 Å². The highest BCUT2D eigenvalue weighted by molar-refractivity contribution is 6.98. The molecule has 70 heavy (non-hydrogen) atoms. The minimum absolute atomic E-state index is 0.00680. The van der Waals surface area contributed by atoms with Gasteiger partial charge in [-0.3, -0.25) is 0 Å². The molecule has 0 amide bonds. The van der Waals surface area contributed by atoms with Crippen LogP contribution in [0.4, 0.5) is 0 Å². The molecule has 1 aromatic heterocycles. The van der Waals surface area contributed by atoms with Gasteiger partial charge in [0.15, 0.2) is 0 Å². The Bertz CT molecular complexity index is 3650. The Labute approximate surface area is 414 Å². The van der Waals surface area contributed by atoms with Gasteiger partial charge in [-0.2, -0.15) is 0 Å². The zero-order chi connectivity index (χ0) is 48.4. The van der Waals surface area contributed by atoms with Crippen LogP contribution in [0.1, 0.15) is 117 Å². The van der Waals surface area contributed by atoms with Crippen LogP contribution in [-0.4, -0.2) is 11.3 Å². The third-order valence-corrected chi connectivity index (χ3v) is 16.8. The molecule has 0 unspecified atom stereocenters. The summed E-state index contributed by atoms with van der Waals surface area (Å²) in [5.41, 5.74) is 21.8. The first-order valence-corrected chi connectivity index (χ1v) is 25.5. The molecule has 4 aliphatic rings. The summed E-state index contributed by atoms with van der Waals surface area (Å²) < 4.78 is 16.7. The fourth-order valence-corrected chi connectivity index (χ4v) is 14.1. The average molecular weight is 912 g/mol. The second-order valence-electron chi connectivity index (χ2n) is 24.8. The van der Waals surface area contributed by atoms with Crippen molar-refractivity contribution in [1.29, 1.82) is 0 Å². The van der Waals surface area contributed by atoms with Crippen LogP contribution in [-0.2, 0) is 27.1 Å². The maximum Gasteiger partial charge on any atom is 0.260 e. The van der Waals surface area contributed by atoms with Crippen LogP contribution < -0.4 is 25.9 Å². The highest BCUT2D eigenvalue weighted by atomic mass is 16.5. The van der Waals surface area contributed by atoms with Gasteiger partial charge in [0, 0.05) is 21.9 Å². The minimum atomic E-state index is -0.0584. The first-order valence-electron chi connectivity index (χ1n) is 25.5. The van der Waals surface area contributed by atoms with E-state index in [4.69, 9.17) is 9.47 Å². The van der Waals surface area contributed by atoms with Crippen molar-refractivity contribution < 1.29 is 9.47 Å². The molecule has 8 aromatic carbocycles. The quantitative estimate of drug-likeness (QED) is 0.164. The van der Waals surface area contributed by atoms with E-state index in [9.17, 15) is 0 Å². The normalized spacial score (nSPS) is 17.3. The van der Waals surface area contributed by atoms with E-state index in [0.29, 0.717) is 0 Å². The van der Waals surface area contributed by atoms with Gasteiger partial charge in [0.2, 0.25) is 0 Å². The third-order valence-electron chi connectivity index (χ3n) is 16.8. The zero-order valence-corrected chi connectivity index (χ0v) is 42.7. The van der Waals surface area contributed by atoms with Crippen molar-refractivity contribution >= 4 is 44.9 Å². The molecule has 0 radical (unpaired) electrons. The summed E-state index contributed by atoms with van der Waals surface area (Å²) in [4.78, 5) is 0. The van der Waals surface area contributed by atoms with Crippen molar-refractivity contribution in [2.45, 2.75) is 116 Å². The van der Waals surface area contributed by atoms with Crippen molar-refractivity contribution in [3.8, 4) is 62.1 Å². The van der Waals surface area contributed by atoms with Gasteiger partial charge in [-0.1, -0.05) is 179 Å². The number of hydrogen-bond donors (Lipinski definition) is 0. The molecule has 9 aromatic rings. The monoisotopic (exact) mass is 911 g/mol. The zero-order valence-electron chi connectivity index (χ0n) is 42.7. The van der Waals surface area contributed by atoms with Crippen molar-refractivity contribution in [3.63, 3.8) is 0 Å². The topological polar surface area (TPSA) is 23.4 Å². The molecule has 4 heteroatoms. The van der Waals surface area contributed by atoms with Crippen LogP contribution in [0.3, 0.4) is 0 Å². The third kappa shape index (κ3) is 6.40. The van der Waals surface area contributed by atoms with E-state index in [-0.39, 0.29) is 33.8 Å². The van der Waals surface area contributed by atoms with Gasteiger partial charge < -0.3 is 14.0 Å². The summed E-state index contributed by atoms with van der Waals surface area (Å²) in [6.45, 7) is 26.3. The van der Waals surface area contributed by atoms with Crippen molar-refractivity contribution in [3.05, 3.63) is 179 Å². The predicted molar refractivity (Wildman–Crippen MR) is 295 cm³/mol.